The van der Waals surface area contributed by atoms with E-state index in [-0.39, 0.29) is 0 Å². The van der Waals surface area contributed by atoms with Gasteiger partial charge in [0.15, 0.2) is 12.2 Å². The SMILES string of the molecule is c1ccc(C(=NNc2ccc(-c3cnco3)cc2)c2ccncc2)cc1. The molecule has 5 nitrogen and oxygen atoms in total. The van der Waals surface area contributed by atoms with E-state index in [0.29, 0.717) is 0 Å². The highest BCUT2D eigenvalue weighted by molar-refractivity contribution is 6.13. The second-order valence-electron chi connectivity index (χ2n) is 5.62. The van der Waals surface area contributed by atoms with Crippen molar-refractivity contribution in [2.24, 2.45) is 5.10 Å². The molecular weight excluding hydrogens is 324 g/mol. The van der Waals surface area contributed by atoms with Crippen LogP contribution < -0.4 is 5.43 Å². The zero-order valence-electron chi connectivity index (χ0n) is 13.9. The van der Waals surface area contributed by atoms with Crippen molar-refractivity contribution in [2.75, 3.05) is 5.43 Å². The standard InChI is InChI=1S/C21H16N4O/c1-2-4-17(5-3-1)21(18-10-12-22-13-11-18)25-24-19-8-6-16(7-9-19)20-14-23-15-26-20/h1-15,24H. The van der Waals surface area contributed by atoms with Crippen LogP contribution in [0.5, 0.6) is 0 Å². The van der Waals surface area contributed by atoms with Crippen LogP contribution in [0.3, 0.4) is 0 Å². The summed E-state index contributed by atoms with van der Waals surface area (Å²) in [5, 5.41) is 4.63. The minimum absolute atomic E-state index is 0.738. The predicted octanol–water partition coefficient (Wildman–Crippen LogP) is 4.60. The second kappa shape index (κ2) is 7.44. The molecule has 4 rings (SSSR count). The van der Waals surface area contributed by atoms with Gasteiger partial charge in [-0.15, -0.1) is 0 Å². The Morgan fingerprint density at radius 3 is 2.23 bits per heavy atom. The number of hydrogen-bond donors (Lipinski definition) is 1. The molecule has 0 amide bonds. The molecule has 0 spiro atoms. The van der Waals surface area contributed by atoms with Gasteiger partial charge in [0, 0.05) is 29.1 Å². The molecule has 0 aliphatic carbocycles. The molecule has 0 aliphatic rings. The fraction of sp³-hybridized carbons (Fsp3) is 0. The molecule has 2 heterocycles. The van der Waals surface area contributed by atoms with Gasteiger partial charge < -0.3 is 4.42 Å². The van der Waals surface area contributed by atoms with E-state index in [4.69, 9.17) is 4.42 Å². The summed E-state index contributed by atoms with van der Waals surface area (Å²) in [5.74, 6) is 0.738. The van der Waals surface area contributed by atoms with Crippen molar-refractivity contribution in [3.63, 3.8) is 0 Å². The zero-order chi connectivity index (χ0) is 17.6. The van der Waals surface area contributed by atoms with Crippen LogP contribution >= 0.6 is 0 Å². The molecule has 5 heteroatoms. The highest BCUT2D eigenvalue weighted by Crippen LogP contribution is 2.21. The molecule has 0 bridgehead atoms. The lowest BCUT2D eigenvalue weighted by molar-refractivity contribution is 0.572. The van der Waals surface area contributed by atoms with Crippen molar-refractivity contribution in [1.82, 2.24) is 9.97 Å². The van der Waals surface area contributed by atoms with E-state index < -0.39 is 0 Å². The molecule has 126 valence electrons. The predicted molar refractivity (Wildman–Crippen MR) is 102 cm³/mol. The summed E-state index contributed by atoms with van der Waals surface area (Å²) in [7, 11) is 0. The van der Waals surface area contributed by atoms with Crippen molar-refractivity contribution in [3.8, 4) is 11.3 Å². The summed E-state index contributed by atoms with van der Waals surface area (Å²) in [6, 6.07) is 21.8. The normalized spacial score (nSPS) is 11.3. The molecule has 0 radical (unpaired) electrons. The number of hydrogen-bond acceptors (Lipinski definition) is 5. The number of anilines is 1. The number of nitrogens with one attached hydrogen (secondary N) is 1. The Balaban J connectivity index is 1.61. The third-order valence-corrected chi connectivity index (χ3v) is 3.90. The number of benzene rings is 2. The van der Waals surface area contributed by atoms with Crippen molar-refractivity contribution < 1.29 is 4.42 Å². The molecule has 0 aliphatic heterocycles. The van der Waals surface area contributed by atoms with Crippen molar-refractivity contribution in [3.05, 3.63) is 103 Å². The molecular formula is C21H16N4O. The largest absolute Gasteiger partial charge is 0.444 e. The molecule has 0 unspecified atom stereocenters. The van der Waals surface area contributed by atoms with E-state index in [1.807, 2.05) is 66.7 Å². The number of hydrazone groups is 1. The van der Waals surface area contributed by atoms with Crippen molar-refractivity contribution in [2.45, 2.75) is 0 Å². The fourth-order valence-electron chi connectivity index (χ4n) is 2.59. The second-order valence-corrected chi connectivity index (χ2v) is 5.62. The van der Waals surface area contributed by atoms with Crippen LogP contribution in [-0.2, 0) is 0 Å². The van der Waals surface area contributed by atoms with E-state index in [2.05, 4.69) is 20.5 Å². The van der Waals surface area contributed by atoms with Crippen LogP contribution in [0.4, 0.5) is 5.69 Å². The maximum absolute atomic E-state index is 5.31. The quantitative estimate of drug-likeness (QED) is 0.426. The summed E-state index contributed by atoms with van der Waals surface area (Å²) < 4.78 is 5.31. The van der Waals surface area contributed by atoms with Crippen LogP contribution in [0.25, 0.3) is 11.3 Å². The minimum atomic E-state index is 0.738. The van der Waals surface area contributed by atoms with Crippen molar-refractivity contribution >= 4 is 11.4 Å². The molecule has 4 aromatic rings. The first-order valence-electron chi connectivity index (χ1n) is 8.18. The van der Waals surface area contributed by atoms with Gasteiger partial charge in [-0.3, -0.25) is 10.4 Å². The van der Waals surface area contributed by atoms with Gasteiger partial charge in [0.1, 0.15) is 0 Å². The number of rotatable bonds is 5. The van der Waals surface area contributed by atoms with Crippen LogP contribution in [0.15, 0.2) is 101 Å². The molecule has 0 saturated carbocycles. The average molecular weight is 340 g/mol. The monoisotopic (exact) mass is 340 g/mol. The van der Waals surface area contributed by atoms with Gasteiger partial charge in [0.2, 0.25) is 0 Å². The average Bonchev–Trinajstić information content (AvgIpc) is 3.25. The molecule has 2 aromatic carbocycles. The summed E-state index contributed by atoms with van der Waals surface area (Å²) in [6.45, 7) is 0. The number of nitrogens with zero attached hydrogens (tertiary/aromatic N) is 3. The third-order valence-electron chi connectivity index (χ3n) is 3.90. The molecule has 0 saturated heterocycles. The van der Waals surface area contributed by atoms with Gasteiger partial charge in [-0.25, -0.2) is 4.98 Å². The van der Waals surface area contributed by atoms with E-state index in [0.717, 1.165) is 33.8 Å². The molecule has 2 aromatic heterocycles. The topological polar surface area (TPSA) is 63.3 Å². The number of oxazole rings is 1. The van der Waals surface area contributed by atoms with Crippen LogP contribution in [0.2, 0.25) is 0 Å². The summed E-state index contributed by atoms with van der Waals surface area (Å²) in [6.07, 6.45) is 6.64. The van der Waals surface area contributed by atoms with E-state index in [1.54, 1.807) is 18.6 Å². The fourth-order valence-corrected chi connectivity index (χ4v) is 2.59. The Hall–Kier alpha value is -3.73. The Labute approximate surface area is 151 Å². The summed E-state index contributed by atoms with van der Waals surface area (Å²) >= 11 is 0. The first-order chi connectivity index (χ1) is 12.9. The molecule has 26 heavy (non-hydrogen) atoms. The van der Waals surface area contributed by atoms with Gasteiger partial charge in [0.05, 0.1) is 17.6 Å². The van der Waals surface area contributed by atoms with Gasteiger partial charge in [-0.1, -0.05) is 30.3 Å². The third kappa shape index (κ3) is 3.52. The lowest BCUT2D eigenvalue weighted by Crippen LogP contribution is -2.06. The molecule has 0 atom stereocenters. The van der Waals surface area contributed by atoms with Gasteiger partial charge >= 0.3 is 0 Å². The lowest BCUT2D eigenvalue weighted by atomic mass is 10.0. The van der Waals surface area contributed by atoms with E-state index in [9.17, 15) is 0 Å². The van der Waals surface area contributed by atoms with Crippen molar-refractivity contribution in [1.29, 1.82) is 0 Å². The highest BCUT2D eigenvalue weighted by atomic mass is 16.3. The van der Waals surface area contributed by atoms with Gasteiger partial charge in [-0.05, 0) is 36.4 Å². The number of pyridine rings is 1. The van der Waals surface area contributed by atoms with Gasteiger partial charge in [0.25, 0.3) is 0 Å². The summed E-state index contributed by atoms with van der Waals surface area (Å²) in [4.78, 5) is 8.02. The minimum Gasteiger partial charge on any atom is -0.444 e. The first-order valence-corrected chi connectivity index (χ1v) is 8.18. The van der Waals surface area contributed by atoms with Gasteiger partial charge in [-0.2, -0.15) is 5.10 Å². The Bertz CT molecular complexity index is 938. The maximum atomic E-state index is 5.31. The zero-order valence-corrected chi connectivity index (χ0v) is 13.9. The smallest absolute Gasteiger partial charge is 0.181 e. The molecule has 1 N–H and O–H groups in total. The van der Waals surface area contributed by atoms with Crippen LogP contribution in [0.1, 0.15) is 11.1 Å². The maximum Gasteiger partial charge on any atom is 0.181 e. The Morgan fingerprint density at radius 2 is 1.54 bits per heavy atom. The summed E-state index contributed by atoms with van der Waals surface area (Å²) in [5.41, 5.74) is 7.87. The van der Waals surface area contributed by atoms with E-state index >= 15 is 0 Å². The van der Waals surface area contributed by atoms with Crippen LogP contribution in [0, 0.1) is 0 Å². The Kier molecular flexibility index (Phi) is 4.52. The highest BCUT2D eigenvalue weighted by Gasteiger charge is 2.07. The Morgan fingerprint density at radius 1 is 0.808 bits per heavy atom. The lowest BCUT2D eigenvalue weighted by Gasteiger charge is -2.08. The molecule has 0 fully saturated rings. The number of aromatic nitrogens is 2. The van der Waals surface area contributed by atoms with E-state index in [1.165, 1.54) is 6.39 Å². The first kappa shape index (κ1) is 15.8. The van der Waals surface area contributed by atoms with Crippen LogP contribution in [-0.4, -0.2) is 15.7 Å².